The predicted molar refractivity (Wildman–Crippen MR) is 59.6 cm³/mol. The Morgan fingerprint density at radius 3 is 3.25 bits per heavy atom. The molecule has 1 aliphatic rings. The maximum absolute atomic E-state index is 5.88. The third kappa shape index (κ3) is 1.77. The molecule has 3 heterocycles. The highest BCUT2D eigenvalue weighted by atomic mass is 35.5. The van der Waals surface area contributed by atoms with E-state index in [0.717, 1.165) is 24.6 Å². The fourth-order valence-electron chi connectivity index (χ4n) is 1.75. The smallest absolute Gasteiger partial charge is 0.170 e. The Hall–Kier alpha value is -1.17. The lowest BCUT2D eigenvalue weighted by atomic mass is 10.3. The van der Waals surface area contributed by atoms with E-state index in [-0.39, 0.29) is 6.04 Å². The Labute approximate surface area is 97.4 Å². The van der Waals surface area contributed by atoms with Gasteiger partial charge < -0.3 is 10.1 Å². The van der Waals surface area contributed by atoms with E-state index in [2.05, 4.69) is 15.4 Å². The summed E-state index contributed by atoms with van der Waals surface area (Å²) in [6.07, 6.45) is 1.75. The minimum absolute atomic E-state index is 0.0763. The summed E-state index contributed by atoms with van der Waals surface area (Å²) in [6.45, 7) is 2.20. The molecule has 1 atom stereocenters. The number of nitrogens with zero attached hydrogens (tertiary/aromatic N) is 3. The van der Waals surface area contributed by atoms with Crippen molar-refractivity contribution >= 4 is 17.2 Å². The molecule has 16 heavy (non-hydrogen) atoms. The van der Waals surface area contributed by atoms with Gasteiger partial charge in [-0.2, -0.15) is 0 Å². The topological polar surface area (TPSA) is 51.5 Å². The maximum Gasteiger partial charge on any atom is 0.170 e. The molecule has 0 aliphatic carbocycles. The SMILES string of the molecule is Clc1ccc2nc(C3COCCN3)nn2c1. The summed E-state index contributed by atoms with van der Waals surface area (Å²) in [5.74, 6) is 0.752. The first-order valence-corrected chi connectivity index (χ1v) is 5.54. The number of hydrogen-bond acceptors (Lipinski definition) is 4. The summed E-state index contributed by atoms with van der Waals surface area (Å²) < 4.78 is 7.07. The number of halogens is 1. The molecule has 0 spiro atoms. The highest BCUT2D eigenvalue weighted by Crippen LogP contribution is 2.15. The molecule has 3 rings (SSSR count). The summed E-state index contributed by atoms with van der Waals surface area (Å²) in [5.41, 5.74) is 0.798. The van der Waals surface area contributed by atoms with Gasteiger partial charge in [-0.15, -0.1) is 5.10 Å². The fraction of sp³-hybridized carbons (Fsp3) is 0.400. The van der Waals surface area contributed by atoms with Gasteiger partial charge in [-0.3, -0.25) is 0 Å². The van der Waals surface area contributed by atoms with Gasteiger partial charge in [0.25, 0.3) is 0 Å². The minimum atomic E-state index is 0.0763. The lowest BCUT2D eigenvalue weighted by Gasteiger charge is -2.20. The zero-order chi connectivity index (χ0) is 11.0. The second-order valence-corrected chi connectivity index (χ2v) is 4.14. The summed E-state index contributed by atoms with van der Waals surface area (Å²) in [4.78, 5) is 4.43. The largest absolute Gasteiger partial charge is 0.378 e. The second kappa shape index (κ2) is 4.01. The Morgan fingerprint density at radius 1 is 1.50 bits per heavy atom. The molecule has 0 saturated carbocycles. The number of pyridine rings is 1. The first-order valence-electron chi connectivity index (χ1n) is 5.16. The number of ether oxygens (including phenoxy) is 1. The van der Waals surface area contributed by atoms with Gasteiger partial charge in [0.1, 0.15) is 0 Å². The van der Waals surface area contributed by atoms with Crippen LogP contribution in [0.15, 0.2) is 18.3 Å². The van der Waals surface area contributed by atoms with E-state index in [9.17, 15) is 0 Å². The normalized spacial score (nSPS) is 21.4. The number of rotatable bonds is 1. The molecule has 1 saturated heterocycles. The van der Waals surface area contributed by atoms with Crippen LogP contribution in [0.2, 0.25) is 5.02 Å². The first kappa shape index (κ1) is 10.0. The van der Waals surface area contributed by atoms with E-state index in [0.29, 0.717) is 11.6 Å². The van der Waals surface area contributed by atoms with Crippen LogP contribution < -0.4 is 5.32 Å². The summed E-state index contributed by atoms with van der Waals surface area (Å²) in [6, 6.07) is 3.73. The van der Waals surface area contributed by atoms with E-state index in [1.165, 1.54) is 0 Å². The Balaban J connectivity index is 1.97. The van der Waals surface area contributed by atoms with Crippen molar-refractivity contribution in [3.8, 4) is 0 Å². The highest BCUT2D eigenvalue weighted by Gasteiger charge is 2.19. The minimum Gasteiger partial charge on any atom is -0.378 e. The molecule has 1 fully saturated rings. The van der Waals surface area contributed by atoms with Crippen molar-refractivity contribution in [1.82, 2.24) is 19.9 Å². The first-order chi connectivity index (χ1) is 7.83. The number of nitrogens with one attached hydrogen (secondary N) is 1. The van der Waals surface area contributed by atoms with Crippen molar-refractivity contribution in [2.45, 2.75) is 6.04 Å². The van der Waals surface area contributed by atoms with Gasteiger partial charge in [0.05, 0.1) is 24.3 Å². The highest BCUT2D eigenvalue weighted by molar-refractivity contribution is 6.30. The average molecular weight is 239 g/mol. The van der Waals surface area contributed by atoms with Crippen LogP contribution >= 0.6 is 11.6 Å². The van der Waals surface area contributed by atoms with Crippen LogP contribution in [0.4, 0.5) is 0 Å². The van der Waals surface area contributed by atoms with Gasteiger partial charge in [0.2, 0.25) is 0 Å². The average Bonchev–Trinajstić information content (AvgIpc) is 2.73. The second-order valence-electron chi connectivity index (χ2n) is 3.70. The molecule has 84 valence electrons. The van der Waals surface area contributed by atoms with Crippen LogP contribution in [0.25, 0.3) is 5.65 Å². The number of fused-ring (bicyclic) bond motifs is 1. The third-order valence-corrected chi connectivity index (χ3v) is 2.77. The zero-order valence-corrected chi connectivity index (χ0v) is 9.31. The van der Waals surface area contributed by atoms with Crippen LogP contribution in [0.5, 0.6) is 0 Å². The van der Waals surface area contributed by atoms with Crippen LogP contribution in [-0.4, -0.2) is 34.4 Å². The number of morpholine rings is 1. The standard InChI is InChI=1S/C10H11ClN4O/c11-7-1-2-9-13-10(14-15(9)5-7)8-6-16-4-3-12-8/h1-2,5,8,12H,3-4,6H2. The summed E-state index contributed by atoms with van der Waals surface area (Å²) >= 11 is 5.88. The Kier molecular flexibility index (Phi) is 2.51. The summed E-state index contributed by atoms with van der Waals surface area (Å²) in [5, 5.41) is 8.34. The molecule has 6 heteroatoms. The molecule has 5 nitrogen and oxygen atoms in total. The van der Waals surface area contributed by atoms with Gasteiger partial charge in [-0.05, 0) is 12.1 Å². The molecular weight excluding hydrogens is 228 g/mol. The maximum atomic E-state index is 5.88. The van der Waals surface area contributed by atoms with Crippen LogP contribution in [0, 0.1) is 0 Å². The number of hydrogen-bond donors (Lipinski definition) is 1. The number of aromatic nitrogens is 3. The Morgan fingerprint density at radius 2 is 2.44 bits per heavy atom. The molecule has 2 aromatic rings. The van der Waals surface area contributed by atoms with Gasteiger partial charge in [0, 0.05) is 12.7 Å². The molecule has 1 aliphatic heterocycles. The van der Waals surface area contributed by atoms with E-state index in [1.807, 2.05) is 6.07 Å². The third-order valence-electron chi connectivity index (χ3n) is 2.54. The quantitative estimate of drug-likeness (QED) is 0.807. The van der Waals surface area contributed by atoms with Gasteiger partial charge >= 0.3 is 0 Å². The predicted octanol–water partition coefficient (Wildman–Crippen LogP) is 1.04. The van der Waals surface area contributed by atoms with Crippen molar-refractivity contribution < 1.29 is 4.74 Å². The zero-order valence-electron chi connectivity index (χ0n) is 8.56. The molecule has 0 aromatic carbocycles. The van der Waals surface area contributed by atoms with Gasteiger partial charge in [0.15, 0.2) is 11.5 Å². The van der Waals surface area contributed by atoms with E-state index in [4.69, 9.17) is 16.3 Å². The molecule has 2 aromatic heterocycles. The van der Waals surface area contributed by atoms with Crippen molar-refractivity contribution in [1.29, 1.82) is 0 Å². The molecule has 0 radical (unpaired) electrons. The fourth-order valence-corrected chi connectivity index (χ4v) is 1.91. The van der Waals surface area contributed by atoms with E-state index < -0.39 is 0 Å². The van der Waals surface area contributed by atoms with Gasteiger partial charge in [-0.25, -0.2) is 9.50 Å². The lowest BCUT2D eigenvalue weighted by molar-refractivity contribution is 0.0743. The van der Waals surface area contributed by atoms with Crippen molar-refractivity contribution in [3.05, 3.63) is 29.2 Å². The molecular formula is C10H11ClN4O. The van der Waals surface area contributed by atoms with Gasteiger partial charge in [-0.1, -0.05) is 11.6 Å². The van der Waals surface area contributed by atoms with Crippen molar-refractivity contribution in [3.63, 3.8) is 0 Å². The van der Waals surface area contributed by atoms with Crippen LogP contribution in [0.1, 0.15) is 11.9 Å². The van der Waals surface area contributed by atoms with Crippen molar-refractivity contribution in [2.24, 2.45) is 0 Å². The molecule has 0 amide bonds. The Bertz CT molecular complexity index is 506. The van der Waals surface area contributed by atoms with Crippen LogP contribution in [-0.2, 0) is 4.74 Å². The monoisotopic (exact) mass is 238 g/mol. The summed E-state index contributed by atoms with van der Waals surface area (Å²) in [7, 11) is 0. The van der Waals surface area contributed by atoms with Crippen LogP contribution in [0.3, 0.4) is 0 Å². The van der Waals surface area contributed by atoms with E-state index >= 15 is 0 Å². The van der Waals surface area contributed by atoms with E-state index in [1.54, 1.807) is 16.8 Å². The molecule has 1 unspecified atom stereocenters. The lowest BCUT2D eigenvalue weighted by Crippen LogP contribution is -2.35. The molecule has 1 N–H and O–H groups in total. The molecule has 0 bridgehead atoms. The van der Waals surface area contributed by atoms with Crippen molar-refractivity contribution in [2.75, 3.05) is 19.8 Å².